The molecule has 154 valence electrons. The molecule has 8 nitrogen and oxygen atoms in total. The normalized spacial score (nSPS) is 39.0. The summed E-state index contributed by atoms with van der Waals surface area (Å²) in [6, 6.07) is 0. The quantitative estimate of drug-likeness (QED) is 0.348. The average Bonchev–Trinajstić information content (AvgIpc) is 2.90. The van der Waals surface area contributed by atoms with Crippen LogP contribution in [0.25, 0.3) is 0 Å². The highest BCUT2D eigenvalue weighted by Gasteiger charge is 2.54. The molecule has 1 saturated heterocycles. The van der Waals surface area contributed by atoms with Crippen LogP contribution in [0.4, 0.5) is 0 Å². The first kappa shape index (κ1) is 22.0. The highest BCUT2D eigenvalue weighted by atomic mass is 16.6. The van der Waals surface area contributed by atoms with Gasteiger partial charge in [-0.05, 0) is 39.3 Å². The van der Waals surface area contributed by atoms with Crippen LogP contribution >= 0.6 is 0 Å². The van der Waals surface area contributed by atoms with Crippen LogP contribution < -0.4 is 0 Å². The molecule has 8 heteroatoms. The maximum Gasteiger partial charge on any atom is 0.334 e. The molecular weight excluding hydrogens is 368 g/mol. The van der Waals surface area contributed by atoms with E-state index in [1.54, 1.807) is 13.8 Å². The van der Waals surface area contributed by atoms with Gasteiger partial charge in [-0.1, -0.05) is 12.7 Å². The first-order valence-electron chi connectivity index (χ1n) is 8.95. The minimum absolute atomic E-state index is 0.0673. The van der Waals surface area contributed by atoms with E-state index in [1.165, 1.54) is 19.1 Å². The Morgan fingerprint density at radius 3 is 2.57 bits per heavy atom. The number of rotatable bonds is 2. The van der Waals surface area contributed by atoms with Gasteiger partial charge < -0.3 is 24.8 Å². The van der Waals surface area contributed by atoms with E-state index in [1.807, 2.05) is 0 Å². The first-order valence-corrected chi connectivity index (χ1v) is 8.95. The zero-order chi connectivity index (χ0) is 21.4. The fraction of sp³-hybridized carbons (Fsp3) is 0.550. The van der Waals surface area contributed by atoms with Gasteiger partial charge in [0.15, 0.2) is 5.78 Å². The highest BCUT2D eigenvalue weighted by molar-refractivity contribution is 5.92. The van der Waals surface area contributed by atoms with Gasteiger partial charge in [0.25, 0.3) is 0 Å². The summed E-state index contributed by atoms with van der Waals surface area (Å²) in [7, 11) is 0. The second kappa shape index (κ2) is 7.98. The summed E-state index contributed by atoms with van der Waals surface area (Å²) in [4.78, 5) is 37.0. The number of ether oxygens (including phenoxy) is 2. The second-order valence-corrected chi connectivity index (χ2v) is 7.41. The number of hydrogen-bond donors (Lipinski definition) is 3. The van der Waals surface area contributed by atoms with E-state index < -0.39 is 60.1 Å². The maximum atomic E-state index is 12.5. The van der Waals surface area contributed by atoms with Crippen molar-refractivity contribution in [2.24, 2.45) is 5.92 Å². The van der Waals surface area contributed by atoms with Crippen LogP contribution in [0, 0.1) is 5.92 Å². The summed E-state index contributed by atoms with van der Waals surface area (Å²) < 4.78 is 10.7. The minimum atomic E-state index is -2.34. The van der Waals surface area contributed by atoms with Gasteiger partial charge in [0.05, 0.1) is 12.0 Å². The van der Waals surface area contributed by atoms with E-state index in [2.05, 4.69) is 6.58 Å². The molecule has 6 atom stereocenters. The number of carbonyl (C=O) groups excluding carboxylic acids is 3. The van der Waals surface area contributed by atoms with Gasteiger partial charge in [-0.3, -0.25) is 4.79 Å². The number of Topliss-reactive ketones (excluding diaryl/α,β-unsaturated/α-hetero) is 1. The predicted octanol–water partition coefficient (Wildman–Crippen LogP) is 0.354. The molecule has 0 radical (unpaired) electrons. The van der Waals surface area contributed by atoms with Crippen molar-refractivity contribution in [2.45, 2.75) is 64.1 Å². The summed E-state index contributed by atoms with van der Waals surface area (Å²) >= 11 is 0. The van der Waals surface area contributed by atoms with E-state index >= 15 is 0 Å². The third-order valence-corrected chi connectivity index (χ3v) is 5.40. The molecule has 0 amide bonds. The molecule has 1 fully saturated rings. The van der Waals surface area contributed by atoms with E-state index in [-0.39, 0.29) is 11.1 Å². The Balaban J connectivity index is 2.61. The molecule has 2 aliphatic rings. The standard InChI is InChI=1S/C20H26O8/c1-6-9(2)18(24)28-16-15-11(4)19(25)27-13(15)7-10(3)12(21)8-14(22)20(5,26)17(16)23/h6-7,12-13,15-17,21,23,26H,4,8H2,1-3,5H3/b9-6+,10-7+/t12-,13+,15-,16-,17-,20+/m0/s1. The summed E-state index contributed by atoms with van der Waals surface area (Å²) in [5.74, 6) is -3.41. The molecular formula is C20H26O8. The monoisotopic (exact) mass is 394 g/mol. The molecule has 0 spiro atoms. The van der Waals surface area contributed by atoms with Crippen LogP contribution in [0.5, 0.6) is 0 Å². The number of carbonyl (C=O) groups is 3. The zero-order valence-corrected chi connectivity index (χ0v) is 16.3. The maximum absolute atomic E-state index is 12.5. The van der Waals surface area contributed by atoms with Crippen LogP contribution in [0.2, 0.25) is 0 Å². The lowest BCUT2D eigenvalue weighted by Crippen LogP contribution is -2.57. The van der Waals surface area contributed by atoms with Crippen LogP contribution in [-0.2, 0) is 23.9 Å². The topological polar surface area (TPSA) is 130 Å². The largest absolute Gasteiger partial charge is 0.455 e. The van der Waals surface area contributed by atoms with E-state index in [0.717, 1.165) is 6.92 Å². The molecule has 28 heavy (non-hydrogen) atoms. The molecule has 3 N–H and O–H groups in total. The molecule has 2 rings (SSSR count). The number of ketones is 1. The van der Waals surface area contributed by atoms with Gasteiger partial charge in [0.1, 0.15) is 23.9 Å². The Morgan fingerprint density at radius 2 is 2.00 bits per heavy atom. The lowest BCUT2D eigenvalue weighted by atomic mass is 9.77. The molecule has 0 aromatic rings. The Hall–Kier alpha value is -2.29. The van der Waals surface area contributed by atoms with Crippen molar-refractivity contribution in [3.05, 3.63) is 35.5 Å². The summed E-state index contributed by atoms with van der Waals surface area (Å²) in [5.41, 5.74) is -1.83. The van der Waals surface area contributed by atoms with Crippen LogP contribution in [-0.4, -0.2) is 63.1 Å². The lowest BCUT2D eigenvalue weighted by Gasteiger charge is -2.37. The summed E-state index contributed by atoms with van der Waals surface area (Å²) in [6.07, 6.45) is -3.11. The molecule has 1 aliphatic heterocycles. The Bertz CT molecular complexity index is 760. The smallest absolute Gasteiger partial charge is 0.334 e. The van der Waals surface area contributed by atoms with Gasteiger partial charge >= 0.3 is 11.9 Å². The number of fused-ring (bicyclic) bond motifs is 1. The highest BCUT2D eigenvalue weighted by Crippen LogP contribution is 2.38. The lowest BCUT2D eigenvalue weighted by molar-refractivity contribution is -0.180. The molecule has 0 unspecified atom stereocenters. The molecule has 0 aromatic carbocycles. The first-order chi connectivity index (χ1) is 12.9. The van der Waals surface area contributed by atoms with E-state index in [0.29, 0.717) is 5.57 Å². The fourth-order valence-electron chi connectivity index (χ4n) is 3.20. The number of allylic oxidation sites excluding steroid dienone is 1. The SMILES string of the molecule is C=C1C(=O)O[C@@H]2/C=C(\C)[C@@H](O)CC(=O)[C@@](C)(O)[C@@H](O)[C@@H](OC(=O)/C(C)=C/C)[C@@H]12. The summed E-state index contributed by atoms with van der Waals surface area (Å²) in [5, 5.41) is 31.7. The van der Waals surface area contributed by atoms with Crippen molar-refractivity contribution in [3.8, 4) is 0 Å². The molecule has 0 saturated carbocycles. The number of hydrogen-bond acceptors (Lipinski definition) is 8. The third kappa shape index (κ3) is 3.94. The van der Waals surface area contributed by atoms with Gasteiger partial charge in [-0.2, -0.15) is 0 Å². The van der Waals surface area contributed by atoms with E-state index in [9.17, 15) is 29.7 Å². The molecule has 0 bridgehead atoms. The molecule has 1 aliphatic carbocycles. The predicted molar refractivity (Wildman–Crippen MR) is 97.8 cm³/mol. The van der Waals surface area contributed by atoms with Gasteiger partial charge in [0, 0.05) is 17.6 Å². The van der Waals surface area contributed by atoms with Crippen molar-refractivity contribution in [2.75, 3.05) is 0 Å². The Morgan fingerprint density at radius 1 is 1.39 bits per heavy atom. The van der Waals surface area contributed by atoms with Crippen molar-refractivity contribution < 1.29 is 39.2 Å². The van der Waals surface area contributed by atoms with Gasteiger partial charge in [0.2, 0.25) is 0 Å². The summed E-state index contributed by atoms with van der Waals surface area (Å²) in [6.45, 7) is 9.41. The van der Waals surface area contributed by atoms with Crippen molar-refractivity contribution >= 4 is 17.7 Å². The average molecular weight is 394 g/mol. The van der Waals surface area contributed by atoms with Crippen molar-refractivity contribution in [1.82, 2.24) is 0 Å². The Labute approximate surface area is 163 Å². The number of aliphatic hydroxyl groups excluding tert-OH is 2. The number of aliphatic hydroxyl groups is 3. The van der Waals surface area contributed by atoms with Crippen LogP contribution in [0.3, 0.4) is 0 Å². The molecule has 0 aromatic heterocycles. The second-order valence-electron chi connectivity index (χ2n) is 7.41. The van der Waals surface area contributed by atoms with Crippen LogP contribution in [0.1, 0.15) is 34.1 Å². The third-order valence-electron chi connectivity index (χ3n) is 5.40. The van der Waals surface area contributed by atoms with Crippen molar-refractivity contribution in [3.63, 3.8) is 0 Å². The molecule has 1 heterocycles. The zero-order valence-electron chi connectivity index (χ0n) is 16.3. The Kier molecular flexibility index (Phi) is 6.27. The van der Waals surface area contributed by atoms with Gasteiger partial charge in [-0.15, -0.1) is 0 Å². The number of esters is 2. The fourth-order valence-corrected chi connectivity index (χ4v) is 3.20. The van der Waals surface area contributed by atoms with Gasteiger partial charge in [-0.25, -0.2) is 9.59 Å². The van der Waals surface area contributed by atoms with E-state index in [4.69, 9.17) is 9.47 Å². The minimum Gasteiger partial charge on any atom is -0.455 e. The van der Waals surface area contributed by atoms with Crippen LogP contribution in [0.15, 0.2) is 35.5 Å². The van der Waals surface area contributed by atoms with Crippen molar-refractivity contribution in [1.29, 1.82) is 0 Å².